The summed E-state index contributed by atoms with van der Waals surface area (Å²) in [4.78, 5) is 11.5. The first kappa shape index (κ1) is 15.4. The third-order valence-electron chi connectivity index (χ3n) is 3.15. The molecule has 0 bridgehead atoms. The Morgan fingerprint density at radius 3 is 2.50 bits per heavy atom. The van der Waals surface area contributed by atoms with Gasteiger partial charge in [-0.25, -0.2) is 12.7 Å². The second-order valence-electron chi connectivity index (χ2n) is 4.73. The zero-order valence-electron chi connectivity index (χ0n) is 11.2. The molecule has 0 radical (unpaired) electrons. The number of hydrogen-bond donors (Lipinski definition) is 1. The van der Waals surface area contributed by atoms with Crippen LogP contribution in [0.2, 0.25) is 0 Å². The number of rotatable bonds is 7. The van der Waals surface area contributed by atoms with Gasteiger partial charge in [0.15, 0.2) is 0 Å². The largest absolute Gasteiger partial charge is 0.356 e. The summed E-state index contributed by atoms with van der Waals surface area (Å²) in [5.41, 5.74) is 0. The van der Waals surface area contributed by atoms with Gasteiger partial charge in [-0.05, 0) is 19.3 Å². The molecule has 0 saturated carbocycles. The number of carbonyl (C=O) groups excluding carboxylic acids is 1. The molecule has 1 aliphatic heterocycles. The molecule has 0 aliphatic carbocycles. The predicted molar refractivity (Wildman–Crippen MR) is 71.7 cm³/mol. The van der Waals surface area contributed by atoms with E-state index in [0.717, 1.165) is 32.1 Å². The highest BCUT2D eigenvalue weighted by molar-refractivity contribution is 7.89. The van der Waals surface area contributed by atoms with E-state index in [1.165, 1.54) is 4.31 Å². The van der Waals surface area contributed by atoms with E-state index in [1.807, 2.05) is 6.92 Å². The fourth-order valence-electron chi connectivity index (χ4n) is 1.99. The topological polar surface area (TPSA) is 66.5 Å². The zero-order valence-corrected chi connectivity index (χ0v) is 12.0. The van der Waals surface area contributed by atoms with Gasteiger partial charge >= 0.3 is 0 Å². The van der Waals surface area contributed by atoms with E-state index in [4.69, 9.17) is 0 Å². The summed E-state index contributed by atoms with van der Waals surface area (Å²) in [6.45, 7) is 3.91. The number of sulfonamides is 1. The Labute approximate surface area is 110 Å². The number of hydrogen-bond acceptors (Lipinski definition) is 3. The first-order valence-electron chi connectivity index (χ1n) is 6.81. The van der Waals surface area contributed by atoms with Gasteiger partial charge in [0.05, 0.1) is 5.75 Å². The molecular formula is C12H24N2O3S. The van der Waals surface area contributed by atoms with Crippen molar-refractivity contribution in [2.24, 2.45) is 0 Å². The molecule has 1 fully saturated rings. The standard InChI is InChI=1S/C12H24N2O3S/c1-2-3-8-13-12(15)7-11-18(16,17)14-9-5-4-6-10-14/h2-11H2,1H3,(H,13,15). The lowest BCUT2D eigenvalue weighted by Gasteiger charge is -2.25. The van der Waals surface area contributed by atoms with Crippen LogP contribution in [0.4, 0.5) is 0 Å². The number of amides is 1. The smallest absolute Gasteiger partial charge is 0.221 e. The first-order valence-corrected chi connectivity index (χ1v) is 8.41. The third-order valence-corrected chi connectivity index (χ3v) is 5.02. The van der Waals surface area contributed by atoms with Crippen LogP contribution in [-0.4, -0.2) is 44.0 Å². The van der Waals surface area contributed by atoms with Crippen molar-refractivity contribution in [2.75, 3.05) is 25.4 Å². The monoisotopic (exact) mass is 276 g/mol. The Morgan fingerprint density at radius 1 is 1.22 bits per heavy atom. The van der Waals surface area contributed by atoms with Crippen LogP contribution in [0.5, 0.6) is 0 Å². The van der Waals surface area contributed by atoms with Gasteiger partial charge in [0, 0.05) is 26.1 Å². The summed E-state index contributed by atoms with van der Waals surface area (Å²) in [5, 5.41) is 2.74. The Kier molecular flexibility index (Phi) is 6.63. The van der Waals surface area contributed by atoms with Crippen molar-refractivity contribution < 1.29 is 13.2 Å². The van der Waals surface area contributed by atoms with Gasteiger partial charge in [-0.15, -0.1) is 0 Å². The highest BCUT2D eigenvalue weighted by Gasteiger charge is 2.24. The highest BCUT2D eigenvalue weighted by Crippen LogP contribution is 2.13. The van der Waals surface area contributed by atoms with Gasteiger partial charge in [0.2, 0.25) is 15.9 Å². The van der Waals surface area contributed by atoms with Crippen molar-refractivity contribution in [3.05, 3.63) is 0 Å². The van der Waals surface area contributed by atoms with Crippen molar-refractivity contribution in [2.45, 2.75) is 45.4 Å². The lowest BCUT2D eigenvalue weighted by molar-refractivity contribution is -0.120. The first-order chi connectivity index (χ1) is 8.56. The molecule has 0 unspecified atom stereocenters. The lowest BCUT2D eigenvalue weighted by Crippen LogP contribution is -2.38. The SMILES string of the molecule is CCCCNC(=O)CCS(=O)(=O)N1CCCCC1. The highest BCUT2D eigenvalue weighted by atomic mass is 32.2. The average Bonchev–Trinajstić information content (AvgIpc) is 2.38. The summed E-state index contributed by atoms with van der Waals surface area (Å²) in [6, 6.07) is 0. The van der Waals surface area contributed by atoms with Crippen LogP contribution >= 0.6 is 0 Å². The minimum absolute atomic E-state index is 0.0645. The van der Waals surface area contributed by atoms with E-state index < -0.39 is 10.0 Å². The Morgan fingerprint density at radius 2 is 1.89 bits per heavy atom. The fourth-order valence-corrected chi connectivity index (χ4v) is 3.50. The van der Waals surface area contributed by atoms with Gasteiger partial charge < -0.3 is 5.32 Å². The number of unbranched alkanes of at least 4 members (excludes halogenated alkanes) is 1. The van der Waals surface area contributed by atoms with Crippen molar-refractivity contribution >= 4 is 15.9 Å². The molecule has 1 rings (SSSR count). The minimum Gasteiger partial charge on any atom is -0.356 e. The Hall–Kier alpha value is -0.620. The number of carbonyl (C=O) groups is 1. The Bertz CT molecular complexity index is 348. The molecule has 1 N–H and O–H groups in total. The average molecular weight is 276 g/mol. The summed E-state index contributed by atoms with van der Waals surface area (Å²) in [5.74, 6) is -0.227. The molecule has 0 aromatic heterocycles. The van der Waals surface area contributed by atoms with Crippen molar-refractivity contribution in [1.82, 2.24) is 9.62 Å². The maximum absolute atomic E-state index is 12.0. The molecule has 1 aliphatic rings. The molecule has 0 aromatic rings. The van der Waals surface area contributed by atoms with Crippen LogP contribution in [-0.2, 0) is 14.8 Å². The van der Waals surface area contributed by atoms with Crippen LogP contribution in [0, 0.1) is 0 Å². The second-order valence-corrected chi connectivity index (χ2v) is 6.82. The fraction of sp³-hybridized carbons (Fsp3) is 0.917. The summed E-state index contributed by atoms with van der Waals surface area (Å²) < 4.78 is 25.5. The number of nitrogens with one attached hydrogen (secondary N) is 1. The van der Waals surface area contributed by atoms with Crippen molar-refractivity contribution in [1.29, 1.82) is 0 Å². The van der Waals surface area contributed by atoms with Gasteiger partial charge in [-0.1, -0.05) is 19.8 Å². The maximum Gasteiger partial charge on any atom is 0.221 e. The van der Waals surface area contributed by atoms with Crippen LogP contribution in [0.1, 0.15) is 45.4 Å². The molecule has 18 heavy (non-hydrogen) atoms. The molecule has 6 heteroatoms. The molecule has 5 nitrogen and oxygen atoms in total. The molecular weight excluding hydrogens is 252 g/mol. The van der Waals surface area contributed by atoms with E-state index in [-0.39, 0.29) is 18.1 Å². The molecule has 0 aromatic carbocycles. The van der Waals surface area contributed by atoms with Crippen LogP contribution in [0.3, 0.4) is 0 Å². The molecule has 0 atom stereocenters. The summed E-state index contributed by atoms with van der Waals surface area (Å²) in [6.07, 6.45) is 4.99. The van der Waals surface area contributed by atoms with E-state index in [0.29, 0.717) is 19.6 Å². The summed E-state index contributed by atoms with van der Waals surface area (Å²) in [7, 11) is -3.24. The van der Waals surface area contributed by atoms with Gasteiger partial charge in [0.1, 0.15) is 0 Å². The van der Waals surface area contributed by atoms with Gasteiger partial charge in [0.25, 0.3) is 0 Å². The van der Waals surface area contributed by atoms with Crippen LogP contribution in [0.25, 0.3) is 0 Å². The third kappa shape index (κ3) is 5.35. The lowest BCUT2D eigenvalue weighted by atomic mass is 10.2. The second kappa shape index (κ2) is 7.74. The van der Waals surface area contributed by atoms with E-state index in [2.05, 4.69) is 5.32 Å². The van der Waals surface area contributed by atoms with E-state index in [9.17, 15) is 13.2 Å². The molecule has 106 valence electrons. The normalized spacial score (nSPS) is 17.6. The quantitative estimate of drug-likeness (QED) is 0.708. The van der Waals surface area contributed by atoms with E-state index in [1.54, 1.807) is 0 Å². The number of nitrogens with zero attached hydrogens (tertiary/aromatic N) is 1. The van der Waals surface area contributed by atoms with Crippen LogP contribution in [0.15, 0.2) is 0 Å². The molecule has 0 spiro atoms. The van der Waals surface area contributed by atoms with Crippen molar-refractivity contribution in [3.63, 3.8) is 0 Å². The van der Waals surface area contributed by atoms with Gasteiger partial charge in [-0.3, -0.25) is 4.79 Å². The zero-order chi connectivity index (χ0) is 13.4. The van der Waals surface area contributed by atoms with E-state index >= 15 is 0 Å². The van der Waals surface area contributed by atoms with Crippen molar-refractivity contribution in [3.8, 4) is 0 Å². The number of piperidine rings is 1. The molecule has 1 amide bonds. The van der Waals surface area contributed by atoms with Crippen LogP contribution < -0.4 is 5.32 Å². The Balaban J connectivity index is 2.30. The summed E-state index contributed by atoms with van der Waals surface area (Å²) >= 11 is 0. The minimum atomic E-state index is -3.24. The predicted octanol–water partition coefficient (Wildman–Crippen LogP) is 1.11. The molecule has 1 saturated heterocycles. The van der Waals surface area contributed by atoms with Gasteiger partial charge in [-0.2, -0.15) is 0 Å². The molecule has 1 heterocycles. The maximum atomic E-state index is 12.0.